The molecule has 0 radical (unpaired) electrons. The van der Waals surface area contributed by atoms with E-state index in [1.54, 1.807) is 38.7 Å². The highest BCUT2D eigenvalue weighted by Crippen LogP contribution is 2.39. The third-order valence-electron chi connectivity index (χ3n) is 10.4. The molecular weight excluding hydrogens is 668 g/mol. The number of anilines is 2. The monoisotopic (exact) mass is 716 g/mol. The second-order valence-electron chi connectivity index (χ2n) is 15.4. The number of carbonyl (C=O) groups is 3. The molecule has 1 aliphatic carbocycles. The van der Waals surface area contributed by atoms with E-state index in [4.69, 9.17) is 18.9 Å². The van der Waals surface area contributed by atoms with Crippen LogP contribution in [0.4, 0.5) is 16.6 Å². The molecule has 2 aromatic heterocycles. The quantitative estimate of drug-likeness (QED) is 0.279. The maximum Gasteiger partial charge on any atom is 0.410 e. The van der Waals surface area contributed by atoms with Crippen LogP contribution in [0.5, 0.6) is 5.75 Å². The summed E-state index contributed by atoms with van der Waals surface area (Å²) in [5.74, 6) is 2.43. The number of aliphatic hydroxyl groups is 1. The van der Waals surface area contributed by atoms with E-state index < -0.39 is 29.7 Å². The first kappa shape index (κ1) is 35.5. The van der Waals surface area contributed by atoms with Crippen LogP contribution in [0.15, 0.2) is 35.1 Å². The molecule has 3 N–H and O–H groups in total. The van der Waals surface area contributed by atoms with E-state index in [9.17, 15) is 19.5 Å². The first-order valence-corrected chi connectivity index (χ1v) is 18.1. The molecule has 4 aliphatic rings. The van der Waals surface area contributed by atoms with Crippen molar-refractivity contribution in [2.75, 3.05) is 36.4 Å². The molecule has 278 valence electrons. The van der Waals surface area contributed by atoms with Crippen molar-refractivity contribution in [3.63, 3.8) is 0 Å². The van der Waals surface area contributed by atoms with Gasteiger partial charge < -0.3 is 39.4 Å². The van der Waals surface area contributed by atoms with Gasteiger partial charge in [-0.15, -0.1) is 0 Å². The first-order valence-electron chi connectivity index (χ1n) is 18.1. The third-order valence-corrected chi connectivity index (χ3v) is 10.4. The van der Waals surface area contributed by atoms with Gasteiger partial charge in [0.15, 0.2) is 12.2 Å². The fourth-order valence-corrected chi connectivity index (χ4v) is 7.54. The fourth-order valence-electron chi connectivity index (χ4n) is 7.54. The summed E-state index contributed by atoms with van der Waals surface area (Å²) in [5, 5.41) is 17.8. The number of nitrogens with zero attached hydrogens (tertiary/aromatic N) is 6. The Morgan fingerprint density at radius 2 is 1.90 bits per heavy atom. The summed E-state index contributed by atoms with van der Waals surface area (Å²) in [6.45, 7) is 11.0. The number of aliphatic hydroxyl groups excluding tert-OH is 1. The van der Waals surface area contributed by atoms with Crippen LogP contribution in [0.3, 0.4) is 0 Å². The topological polar surface area (TPSA) is 175 Å². The molecule has 15 heteroatoms. The Morgan fingerprint density at radius 3 is 2.58 bits per heavy atom. The third kappa shape index (κ3) is 7.78. The molecule has 3 amide bonds. The molecule has 3 aliphatic heterocycles. The number of benzene rings is 1. The van der Waals surface area contributed by atoms with Gasteiger partial charge in [0, 0.05) is 51.8 Å². The molecular formula is C37H48N8O7. The van der Waals surface area contributed by atoms with Crippen molar-refractivity contribution in [1.29, 1.82) is 0 Å². The van der Waals surface area contributed by atoms with Gasteiger partial charge in [-0.1, -0.05) is 6.07 Å². The van der Waals surface area contributed by atoms with Gasteiger partial charge in [-0.05, 0) is 82.6 Å². The Morgan fingerprint density at radius 1 is 1.10 bits per heavy atom. The Labute approximate surface area is 303 Å². The lowest BCUT2D eigenvalue weighted by Gasteiger charge is -2.40. The van der Waals surface area contributed by atoms with Crippen LogP contribution in [0.25, 0.3) is 0 Å². The fraction of sp³-hybridized carbons (Fsp3) is 0.568. The summed E-state index contributed by atoms with van der Waals surface area (Å²) >= 11 is 0. The number of nitrogens with one attached hydrogen (secondary N) is 2. The SMILES string of the molecule is CC(=O)N1CC(Nc2cc(C(=O)NC[C@@H](O)[C@@H]3Cc4ccc(OCc5ocnc5C)cc4CN3C(=O)OC(C)(C)C)nc(N3CC4CCC3C4)n2)C1. The lowest BCUT2D eigenvalue weighted by Crippen LogP contribution is -2.56. The second-order valence-corrected chi connectivity index (χ2v) is 15.4. The van der Waals surface area contributed by atoms with Crippen molar-refractivity contribution < 1.29 is 33.4 Å². The smallest absolute Gasteiger partial charge is 0.410 e. The zero-order valence-electron chi connectivity index (χ0n) is 30.4. The second kappa shape index (κ2) is 14.2. The molecule has 2 unspecified atom stereocenters. The number of carbonyl (C=O) groups excluding carboxylic acids is 3. The van der Waals surface area contributed by atoms with Gasteiger partial charge in [-0.3, -0.25) is 14.5 Å². The van der Waals surface area contributed by atoms with Crippen LogP contribution in [-0.4, -0.2) is 104 Å². The number of hydrogen-bond donors (Lipinski definition) is 3. The number of aromatic nitrogens is 3. The van der Waals surface area contributed by atoms with Gasteiger partial charge in [0.05, 0.1) is 23.9 Å². The maximum absolute atomic E-state index is 13.7. The number of likely N-dealkylation sites (tertiary alicyclic amines) is 1. The number of fused-ring (bicyclic) bond motifs is 3. The van der Waals surface area contributed by atoms with Crippen molar-refractivity contribution in [1.82, 2.24) is 30.1 Å². The summed E-state index contributed by atoms with van der Waals surface area (Å²) in [4.78, 5) is 58.0. The van der Waals surface area contributed by atoms with Crippen LogP contribution in [-0.2, 0) is 29.1 Å². The zero-order valence-corrected chi connectivity index (χ0v) is 30.4. The average molecular weight is 717 g/mol. The van der Waals surface area contributed by atoms with Crippen molar-refractivity contribution in [2.24, 2.45) is 5.92 Å². The average Bonchev–Trinajstić information content (AvgIpc) is 3.83. The number of rotatable bonds is 10. The van der Waals surface area contributed by atoms with E-state index in [1.807, 2.05) is 25.1 Å². The van der Waals surface area contributed by atoms with E-state index in [1.165, 1.54) is 17.7 Å². The van der Waals surface area contributed by atoms with Crippen LogP contribution < -0.4 is 20.3 Å². The van der Waals surface area contributed by atoms with E-state index >= 15 is 0 Å². The highest BCUT2D eigenvalue weighted by atomic mass is 16.6. The molecule has 1 saturated carbocycles. The molecule has 2 bridgehead atoms. The van der Waals surface area contributed by atoms with Crippen LogP contribution >= 0.6 is 0 Å². The zero-order chi connectivity index (χ0) is 36.7. The van der Waals surface area contributed by atoms with Crippen molar-refractivity contribution in [3.05, 3.63) is 58.9 Å². The van der Waals surface area contributed by atoms with E-state index in [0.29, 0.717) is 54.7 Å². The molecule has 4 atom stereocenters. The molecule has 0 spiro atoms. The number of aryl methyl sites for hydroxylation is 1. The van der Waals surface area contributed by atoms with Gasteiger partial charge in [0.1, 0.15) is 29.5 Å². The van der Waals surface area contributed by atoms with Crippen molar-refractivity contribution >= 4 is 29.7 Å². The number of hydrogen-bond acceptors (Lipinski definition) is 12. The number of piperidine rings is 1. The van der Waals surface area contributed by atoms with Crippen molar-refractivity contribution in [2.45, 2.75) is 103 Å². The summed E-state index contributed by atoms with van der Waals surface area (Å²) < 4.78 is 17.1. The minimum absolute atomic E-state index is 0.0209. The number of oxazole rings is 1. The summed E-state index contributed by atoms with van der Waals surface area (Å²) in [5.41, 5.74) is 2.00. The molecule has 7 rings (SSSR count). The minimum Gasteiger partial charge on any atom is -0.486 e. The Balaban J connectivity index is 1.06. The Hall–Kier alpha value is -4.92. The Kier molecular flexibility index (Phi) is 9.72. The van der Waals surface area contributed by atoms with E-state index in [0.717, 1.165) is 36.2 Å². The van der Waals surface area contributed by atoms with E-state index in [2.05, 4.69) is 25.5 Å². The molecule has 3 fully saturated rings. The molecule has 1 aromatic carbocycles. The van der Waals surface area contributed by atoms with Gasteiger partial charge in [0.2, 0.25) is 11.9 Å². The van der Waals surface area contributed by atoms with Gasteiger partial charge in [-0.25, -0.2) is 14.8 Å². The predicted molar refractivity (Wildman–Crippen MR) is 190 cm³/mol. The highest BCUT2D eigenvalue weighted by Gasteiger charge is 2.40. The largest absolute Gasteiger partial charge is 0.486 e. The standard InChI is InChI=1S/C37H48N8O7/c1-21-32(51-20-39-21)19-50-28-9-7-24-12-30(45(16-25(24)11-28)36(49)52-37(3,4)5)31(47)14-38-34(48)29-13-33(40-26-17-43(18-26)22(2)46)42-35(41-29)44-15-23-6-8-27(44)10-23/h7,9,11,13,20,23,26-27,30-31,47H,6,8,10,12,14-19H2,1-5H3,(H,38,48)(H,40,41,42)/t23?,27?,30-,31+/m0/s1. The van der Waals surface area contributed by atoms with Gasteiger partial charge in [-0.2, -0.15) is 4.98 Å². The summed E-state index contributed by atoms with van der Waals surface area (Å²) in [6, 6.07) is 6.98. The summed E-state index contributed by atoms with van der Waals surface area (Å²) in [7, 11) is 0. The number of amides is 3. The molecule has 15 nitrogen and oxygen atoms in total. The molecule has 5 heterocycles. The van der Waals surface area contributed by atoms with Crippen LogP contribution in [0, 0.1) is 12.8 Å². The van der Waals surface area contributed by atoms with Gasteiger partial charge >= 0.3 is 6.09 Å². The molecule has 52 heavy (non-hydrogen) atoms. The van der Waals surface area contributed by atoms with Crippen LogP contribution in [0.2, 0.25) is 0 Å². The van der Waals surface area contributed by atoms with Crippen LogP contribution in [0.1, 0.15) is 80.0 Å². The lowest BCUT2D eigenvalue weighted by atomic mass is 9.91. The normalized spacial score (nSPS) is 21.7. The molecule has 3 aromatic rings. The van der Waals surface area contributed by atoms with E-state index in [-0.39, 0.29) is 37.3 Å². The van der Waals surface area contributed by atoms with Crippen molar-refractivity contribution in [3.8, 4) is 5.75 Å². The maximum atomic E-state index is 13.7. The lowest BCUT2D eigenvalue weighted by molar-refractivity contribution is -0.132. The minimum atomic E-state index is -1.12. The van der Waals surface area contributed by atoms with Gasteiger partial charge in [0.25, 0.3) is 5.91 Å². The first-order chi connectivity index (χ1) is 24.8. The summed E-state index contributed by atoms with van der Waals surface area (Å²) in [6.07, 6.45) is 3.41. The Bertz CT molecular complexity index is 1820. The predicted octanol–water partition coefficient (Wildman–Crippen LogP) is 3.44. The highest BCUT2D eigenvalue weighted by molar-refractivity contribution is 5.93. The molecule has 2 saturated heterocycles. The number of ether oxygens (including phenoxy) is 2.